The molecule has 0 bridgehead atoms. The van der Waals surface area contributed by atoms with E-state index in [1.54, 1.807) is 0 Å². The average Bonchev–Trinajstić information content (AvgIpc) is 2.18. The Labute approximate surface area is 91.6 Å². The van der Waals surface area contributed by atoms with E-state index in [0.29, 0.717) is 6.54 Å². The van der Waals surface area contributed by atoms with Gasteiger partial charge in [0.15, 0.2) is 0 Å². The van der Waals surface area contributed by atoms with Gasteiger partial charge in [-0.15, -0.1) is 0 Å². The molecular formula is C13H17NO. The molecule has 0 unspecified atom stereocenters. The normalized spacial score (nSPS) is 9.60. The van der Waals surface area contributed by atoms with Crippen molar-refractivity contribution >= 4 is 0 Å². The Hall–Kier alpha value is -1.46. The van der Waals surface area contributed by atoms with E-state index in [9.17, 15) is 0 Å². The fourth-order valence-corrected chi connectivity index (χ4v) is 1.15. The van der Waals surface area contributed by atoms with E-state index in [-0.39, 0.29) is 6.10 Å². The number of hydrogen-bond acceptors (Lipinski definition) is 2. The number of benzene rings is 1. The third-order valence-corrected chi connectivity index (χ3v) is 1.70. The molecule has 0 aliphatic rings. The Morgan fingerprint density at radius 2 is 2.20 bits per heavy atom. The quantitative estimate of drug-likeness (QED) is 0.759. The van der Waals surface area contributed by atoms with E-state index in [1.165, 1.54) is 0 Å². The fourth-order valence-electron chi connectivity index (χ4n) is 1.15. The molecule has 2 heteroatoms. The monoisotopic (exact) mass is 203 g/mol. The van der Waals surface area contributed by atoms with Crippen LogP contribution in [0.4, 0.5) is 0 Å². The SMILES string of the molecule is CNCC#Cc1cccc(OC(C)C)c1. The zero-order valence-electron chi connectivity index (χ0n) is 9.50. The van der Waals surface area contributed by atoms with Gasteiger partial charge in [0.2, 0.25) is 0 Å². The van der Waals surface area contributed by atoms with Crippen molar-refractivity contribution in [2.24, 2.45) is 0 Å². The second kappa shape index (κ2) is 6.10. The van der Waals surface area contributed by atoms with Crippen LogP contribution in [0.1, 0.15) is 19.4 Å². The lowest BCUT2D eigenvalue weighted by molar-refractivity contribution is 0.242. The second-order valence-electron chi connectivity index (χ2n) is 3.53. The largest absolute Gasteiger partial charge is 0.491 e. The highest BCUT2D eigenvalue weighted by molar-refractivity contribution is 5.39. The van der Waals surface area contributed by atoms with E-state index in [4.69, 9.17) is 4.74 Å². The zero-order chi connectivity index (χ0) is 11.1. The Bertz CT molecular complexity index is 360. The van der Waals surface area contributed by atoms with Crippen LogP contribution in [0.2, 0.25) is 0 Å². The van der Waals surface area contributed by atoms with E-state index < -0.39 is 0 Å². The standard InChI is InChI=1S/C13H17NO/c1-11(2)15-13-8-4-6-12(10-13)7-5-9-14-3/h4,6,8,10-11,14H,9H2,1-3H3. The highest BCUT2D eigenvalue weighted by atomic mass is 16.5. The fraction of sp³-hybridized carbons (Fsp3) is 0.385. The molecule has 0 radical (unpaired) electrons. The van der Waals surface area contributed by atoms with Crippen molar-refractivity contribution in [1.29, 1.82) is 0 Å². The van der Waals surface area contributed by atoms with E-state index in [2.05, 4.69) is 17.2 Å². The summed E-state index contributed by atoms with van der Waals surface area (Å²) in [7, 11) is 1.88. The molecule has 0 heterocycles. The first-order valence-electron chi connectivity index (χ1n) is 5.12. The molecule has 1 aromatic carbocycles. The second-order valence-corrected chi connectivity index (χ2v) is 3.53. The first-order valence-corrected chi connectivity index (χ1v) is 5.12. The molecule has 0 aromatic heterocycles. The van der Waals surface area contributed by atoms with Crippen LogP contribution in [0, 0.1) is 11.8 Å². The van der Waals surface area contributed by atoms with Crippen LogP contribution >= 0.6 is 0 Å². The number of hydrogen-bond donors (Lipinski definition) is 1. The van der Waals surface area contributed by atoms with Crippen LogP contribution in [-0.4, -0.2) is 19.7 Å². The average molecular weight is 203 g/mol. The molecule has 1 N–H and O–H groups in total. The van der Waals surface area contributed by atoms with Gasteiger partial charge in [0.1, 0.15) is 5.75 Å². The van der Waals surface area contributed by atoms with E-state index in [0.717, 1.165) is 11.3 Å². The lowest BCUT2D eigenvalue weighted by Gasteiger charge is -2.09. The van der Waals surface area contributed by atoms with Gasteiger partial charge in [-0.3, -0.25) is 0 Å². The van der Waals surface area contributed by atoms with Crippen molar-refractivity contribution in [3.63, 3.8) is 0 Å². The molecule has 0 atom stereocenters. The van der Waals surface area contributed by atoms with Crippen molar-refractivity contribution in [2.45, 2.75) is 20.0 Å². The minimum atomic E-state index is 0.200. The first kappa shape index (κ1) is 11.6. The predicted octanol–water partition coefficient (Wildman–Crippen LogP) is 2.04. The zero-order valence-corrected chi connectivity index (χ0v) is 9.50. The Morgan fingerprint density at radius 3 is 2.87 bits per heavy atom. The van der Waals surface area contributed by atoms with Gasteiger partial charge in [0.05, 0.1) is 12.6 Å². The minimum absolute atomic E-state index is 0.200. The van der Waals surface area contributed by atoms with Gasteiger partial charge in [0, 0.05) is 5.56 Å². The minimum Gasteiger partial charge on any atom is -0.491 e. The van der Waals surface area contributed by atoms with E-state index in [1.807, 2.05) is 45.2 Å². The topological polar surface area (TPSA) is 21.3 Å². The summed E-state index contributed by atoms with van der Waals surface area (Å²) in [5.74, 6) is 6.96. The molecule has 0 aliphatic carbocycles. The molecule has 0 fully saturated rings. The maximum absolute atomic E-state index is 5.58. The van der Waals surface area contributed by atoms with Crippen LogP contribution in [0.25, 0.3) is 0 Å². The number of nitrogens with one attached hydrogen (secondary N) is 1. The summed E-state index contributed by atoms with van der Waals surface area (Å²) in [5, 5.41) is 2.98. The smallest absolute Gasteiger partial charge is 0.120 e. The molecule has 1 aromatic rings. The van der Waals surface area contributed by atoms with Gasteiger partial charge in [-0.1, -0.05) is 17.9 Å². The molecule has 1 rings (SSSR count). The van der Waals surface area contributed by atoms with Crippen LogP contribution in [0.3, 0.4) is 0 Å². The number of rotatable bonds is 3. The Morgan fingerprint density at radius 1 is 1.40 bits per heavy atom. The summed E-state index contributed by atoms with van der Waals surface area (Å²) in [6, 6.07) is 7.85. The Kier molecular flexibility index (Phi) is 4.73. The third-order valence-electron chi connectivity index (χ3n) is 1.70. The molecule has 0 amide bonds. The van der Waals surface area contributed by atoms with Crippen LogP contribution < -0.4 is 10.1 Å². The lowest BCUT2D eigenvalue weighted by Crippen LogP contribution is -2.05. The van der Waals surface area contributed by atoms with Crippen molar-refractivity contribution in [1.82, 2.24) is 5.32 Å². The van der Waals surface area contributed by atoms with Gasteiger partial charge >= 0.3 is 0 Å². The van der Waals surface area contributed by atoms with Crippen molar-refractivity contribution in [2.75, 3.05) is 13.6 Å². The van der Waals surface area contributed by atoms with Gasteiger partial charge in [-0.25, -0.2) is 0 Å². The summed E-state index contributed by atoms with van der Waals surface area (Å²) in [4.78, 5) is 0. The summed E-state index contributed by atoms with van der Waals surface area (Å²) >= 11 is 0. The van der Waals surface area contributed by atoms with Crippen molar-refractivity contribution in [3.8, 4) is 17.6 Å². The van der Waals surface area contributed by atoms with Gasteiger partial charge in [0.25, 0.3) is 0 Å². The van der Waals surface area contributed by atoms with Crippen LogP contribution in [-0.2, 0) is 0 Å². The molecule has 0 saturated heterocycles. The molecule has 2 nitrogen and oxygen atoms in total. The first-order chi connectivity index (χ1) is 7.22. The predicted molar refractivity (Wildman–Crippen MR) is 63.0 cm³/mol. The molecule has 0 saturated carbocycles. The summed E-state index contributed by atoms with van der Waals surface area (Å²) in [6.07, 6.45) is 0.200. The Balaban J connectivity index is 2.71. The highest BCUT2D eigenvalue weighted by Gasteiger charge is 1.97. The van der Waals surface area contributed by atoms with Crippen LogP contribution in [0.15, 0.2) is 24.3 Å². The molecule has 0 spiro atoms. The molecular weight excluding hydrogens is 186 g/mol. The third kappa shape index (κ3) is 4.53. The number of ether oxygens (including phenoxy) is 1. The maximum atomic E-state index is 5.58. The summed E-state index contributed by atoms with van der Waals surface area (Å²) < 4.78 is 5.58. The van der Waals surface area contributed by atoms with Gasteiger partial charge in [-0.05, 0) is 39.1 Å². The lowest BCUT2D eigenvalue weighted by atomic mass is 10.2. The van der Waals surface area contributed by atoms with Crippen LogP contribution in [0.5, 0.6) is 5.75 Å². The molecule has 15 heavy (non-hydrogen) atoms. The summed E-state index contributed by atoms with van der Waals surface area (Å²) in [5.41, 5.74) is 0.989. The van der Waals surface area contributed by atoms with Crippen molar-refractivity contribution in [3.05, 3.63) is 29.8 Å². The highest BCUT2D eigenvalue weighted by Crippen LogP contribution is 2.13. The van der Waals surface area contributed by atoms with Gasteiger partial charge in [-0.2, -0.15) is 0 Å². The van der Waals surface area contributed by atoms with Gasteiger partial charge < -0.3 is 10.1 Å². The molecule has 80 valence electrons. The van der Waals surface area contributed by atoms with Crippen molar-refractivity contribution < 1.29 is 4.74 Å². The van der Waals surface area contributed by atoms with E-state index >= 15 is 0 Å². The molecule has 0 aliphatic heterocycles. The summed E-state index contributed by atoms with van der Waals surface area (Å²) in [6.45, 7) is 4.73. The maximum Gasteiger partial charge on any atom is 0.120 e.